The number of ketones is 1. The summed E-state index contributed by atoms with van der Waals surface area (Å²) >= 11 is 0. The van der Waals surface area contributed by atoms with E-state index in [1.807, 2.05) is 30.3 Å². The van der Waals surface area contributed by atoms with Gasteiger partial charge in [-0.15, -0.1) is 0 Å². The maximum absolute atomic E-state index is 13.1. The van der Waals surface area contributed by atoms with Crippen molar-refractivity contribution in [3.63, 3.8) is 0 Å². The van der Waals surface area contributed by atoms with Crippen LogP contribution in [0.4, 0.5) is 0 Å². The molecular weight excluding hydrogens is 451 g/mol. The predicted octanol–water partition coefficient (Wildman–Crippen LogP) is 2.00. The summed E-state index contributed by atoms with van der Waals surface area (Å²) in [4.78, 5) is 20.5. The number of allylic oxidation sites excluding steroid dienone is 1. The molecule has 3 aromatic rings. The van der Waals surface area contributed by atoms with E-state index in [1.165, 1.54) is 12.1 Å². The van der Waals surface area contributed by atoms with Gasteiger partial charge in [0.1, 0.15) is 5.82 Å². The number of H-pyrrole nitrogens is 1. The molecule has 2 fully saturated rings. The molecule has 2 aliphatic carbocycles. The fraction of sp³-hybridized carbons (Fsp3) is 0.333. The van der Waals surface area contributed by atoms with Crippen LogP contribution in [0.1, 0.15) is 40.6 Å². The van der Waals surface area contributed by atoms with Gasteiger partial charge in [0.25, 0.3) is 10.1 Å². The maximum Gasteiger partial charge on any atom is 1.00 e. The fourth-order valence-electron chi connectivity index (χ4n) is 5.30. The number of carbonyl (C=O) groups excluding carboxylic acids is 1. The van der Waals surface area contributed by atoms with Gasteiger partial charge >= 0.3 is 51.4 Å². The number of Topliss-reactive ketones (excluding diaryl/α,β-unsaturated/α-hetero) is 1. The van der Waals surface area contributed by atoms with Gasteiger partial charge < -0.3 is 6.41 Å². The van der Waals surface area contributed by atoms with Crippen molar-refractivity contribution in [3.8, 4) is 11.4 Å². The van der Waals surface area contributed by atoms with Crippen molar-refractivity contribution in [1.82, 2.24) is 9.97 Å². The molecule has 0 spiro atoms. The summed E-state index contributed by atoms with van der Waals surface area (Å²) in [6, 6.07) is 12.0. The Balaban J connectivity index is 0.00000153. The molecule has 0 radical (unpaired) electrons. The Morgan fingerprint density at radius 1 is 1.16 bits per heavy atom. The molecular formula is C24H25KN2O4S. The number of benzene rings is 2. The second-order valence-electron chi connectivity index (χ2n) is 9.44. The van der Waals surface area contributed by atoms with E-state index < -0.39 is 10.1 Å². The third-order valence-electron chi connectivity index (χ3n) is 7.62. The van der Waals surface area contributed by atoms with E-state index in [4.69, 9.17) is 0 Å². The molecule has 0 aliphatic heterocycles. The number of rotatable bonds is 3. The Bertz CT molecular complexity index is 1380. The van der Waals surface area contributed by atoms with Gasteiger partial charge in [0.2, 0.25) is 0 Å². The number of hydrogen-bond donors (Lipinski definition) is 2. The monoisotopic (exact) mass is 476 g/mol. The van der Waals surface area contributed by atoms with E-state index in [0.29, 0.717) is 22.8 Å². The SMILES string of the molecule is CC12CCC(/C(=C/c3ccc(-c4nc5ccc(S(=O)(=O)O)cc5[nH]4)cc3)C1=O)C2(C)C.[H-].[K+]. The molecule has 0 amide bonds. The molecule has 5 rings (SSSR count). The Hall–Kier alpha value is -1.13. The first-order valence-corrected chi connectivity index (χ1v) is 11.8. The van der Waals surface area contributed by atoms with Crippen LogP contribution >= 0.6 is 0 Å². The molecule has 2 atom stereocenters. The number of aromatic amines is 1. The number of aromatic nitrogens is 2. The van der Waals surface area contributed by atoms with Crippen LogP contribution < -0.4 is 51.4 Å². The first-order chi connectivity index (χ1) is 14.5. The van der Waals surface area contributed by atoms with Gasteiger partial charge in [0.15, 0.2) is 5.78 Å². The minimum atomic E-state index is -4.27. The summed E-state index contributed by atoms with van der Waals surface area (Å²) in [5.41, 5.74) is 3.62. The number of nitrogens with zero attached hydrogens (tertiary/aromatic N) is 1. The van der Waals surface area contributed by atoms with Gasteiger partial charge in [-0.2, -0.15) is 8.42 Å². The Morgan fingerprint density at radius 3 is 2.44 bits per heavy atom. The van der Waals surface area contributed by atoms with E-state index in [2.05, 4.69) is 30.7 Å². The fourth-order valence-corrected chi connectivity index (χ4v) is 5.80. The molecule has 1 aromatic heterocycles. The zero-order valence-corrected chi connectivity index (χ0v) is 22.6. The largest absolute Gasteiger partial charge is 1.00 e. The smallest absolute Gasteiger partial charge is 1.00 e. The number of imidazole rings is 1. The first-order valence-electron chi connectivity index (χ1n) is 10.3. The van der Waals surface area contributed by atoms with Crippen molar-refractivity contribution in [3.05, 3.63) is 53.6 Å². The Labute approximate surface area is 231 Å². The van der Waals surface area contributed by atoms with Crippen molar-refractivity contribution in [1.29, 1.82) is 0 Å². The zero-order valence-electron chi connectivity index (χ0n) is 19.6. The molecule has 1 heterocycles. The minimum Gasteiger partial charge on any atom is -1.00 e. The van der Waals surface area contributed by atoms with E-state index in [-0.39, 0.29) is 74.3 Å². The third-order valence-corrected chi connectivity index (χ3v) is 8.47. The molecule has 2 unspecified atom stereocenters. The number of hydrogen-bond acceptors (Lipinski definition) is 4. The van der Waals surface area contributed by atoms with Crippen molar-refractivity contribution in [2.24, 2.45) is 16.7 Å². The maximum atomic E-state index is 13.1. The van der Waals surface area contributed by atoms with E-state index in [0.717, 1.165) is 29.5 Å². The Morgan fingerprint density at radius 2 is 1.84 bits per heavy atom. The standard InChI is InChI=1S/C24H24N2O4S.K.H/c1-23(2)18-10-11-24(23,3)21(27)17(18)12-14-4-6-15(7-5-14)22-25-19-9-8-16(31(28,29)30)13-20(19)26-22;;/h4-9,12-13,18H,10-11H2,1-3H3,(H,25,26)(H,28,29,30);;/q;+1;-1/b17-12-;;. The average molecular weight is 477 g/mol. The topological polar surface area (TPSA) is 100 Å². The summed E-state index contributed by atoms with van der Waals surface area (Å²) in [5.74, 6) is 1.19. The van der Waals surface area contributed by atoms with Gasteiger partial charge in [0.05, 0.1) is 15.9 Å². The minimum absolute atomic E-state index is 0. The quantitative estimate of drug-likeness (QED) is 0.342. The van der Waals surface area contributed by atoms with Crippen molar-refractivity contribution in [2.45, 2.75) is 38.5 Å². The average Bonchev–Trinajstić information content (AvgIpc) is 3.27. The summed E-state index contributed by atoms with van der Waals surface area (Å²) in [6.45, 7) is 6.53. The van der Waals surface area contributed by atoms with E-state index in [9.17, 15) is 17.8 Å². The van der Waals surface area contributed by atoms with Crippen LogP contribution in [0.2, 0.25) is 0 Å². The first kappa shape index (κ1) is 24.0. The summed E-state index contributed by atoms with van der Waals surface area (Å²) in [7, 11) is -4.27. The molecule has 8 heteroatoms. The van der Waals surface area contributed by atoms with Crippen LogP contribution in [-0.2, 0) is 14.9 Å². The van der Waals surface area contributed by atoms with Crippen LogP contribution in [0.15, 0.2) is 52.9 Å². The molecule has 2 aliphatic rings. The molecule has 2 bridgehead atoms. The van der Waals surface area contributed by atoms with Crippen molar-refractivity contribution >= 4 is 33.0 Å². The number of nitrogens with one attached hydrogen (secondary N) is 1. The van der Waals surface area contributed by atoms with Crippen LogP contribution in [-0.4, -0.2) is 28.7 Å². The molecule has 0 saturated heterocycles. The molecule has 6 nitrogen and oxygen atoms in total. The molecule has 2 N–H and O–H groups in total. The van der Waals surface area contributed by atoms with Crippen LogP contribution in [0.5, 0.6) is 0 Å². The molecule has 2 saturated carbocycles. The second-order valence-corrected chi connectivity index (χ2v) is 10.9. The summed E-state index contributed by atoms with van der Waals surface area (Å²) < 4.78 is 31.9. The van der Waals surface area contributed by atoms with Crippen LogP contribution in [0.3, 0.4) is 0 Å². The van der Waals surface area contributed by atoms with Crippen LogP contribution in [0.25, 0.3) is 28.5 Å². The number of carbonyl (C=O) groups is 1. The number of fused-ring (bicyclic) bond motifs is 3. The van der Waals surface area contributed by atoms with Gasteiger partial charge in [-0.1, -0.05) is 45.0 Å². The van der Waals surface area contributed by atoms with Gasteiger partial charge in [-0.25, -0.2) is 4.98 Å². The van der Waals surface area contributed by atoms with Gasteiger partial charge in [0, 0.05) is 11.0 Å². The zero-order chi connectivity index (χ0) is 22.2. The summed E-state index contributed by atoms with van der Waals surface area (Å²) in [6.07, 6.45) is 4.05. The van der Waals surface area contributed by atoms with Crippen molar-refractivity contribution in [2.75, 3.05) is 0 Å². The third kappa shape index (κ3) is 3.60. The summed E-state index contributed by atoms with van der Waals surface area (Å²) in [5, 5.41) is 0. The molecule has 2 aromatic carbocycles. The van der Waals surface area contributed by atoms with E-state index >= 15 is 0 Å². The van der Waals surface area contributed by atoms with Crippen LogP contribution in [0, 0.1) is 16.7 Å². The van der Waals surface area contributed by atoms with Gasteiger partial charge in [-0.05, 0) is 59.6 Å². The van der Waals surface area contributed by atoms with E-state index in [1.54, 1.807) is 6.07 Å². The van der Waals surface area contributed by atoms with Crippen molar-refractivity contribution < 1.29 is 70.6 Å². The predicted molar refractivity (Wildman–Crippen MR) is 120 cm³/mol. The molecule has 162 valence electrons. The molecule has 32 heavy (non-hydrogen) atoms. The normalized spacial score (nSPS) is 25.4. The second kappa shape index (κ2) is 7.97. The van der Waals surface area contributed by atoms with Gasteiger partial charge in [-0.3, -0.25) is 9.35 Å². The Kier molecular flexibility index (Phi) is 5.98.